The van der Waals surface area contributed by atoms with E-state index in [1.165, 1.54) is 17.8 Å². The van der Waals surface area contributed by atoms with E-state index in [0.29, 0.717) is 5.92 Å². The molecule has 0 amide bonds. The number of nitrogens with one attached hydrogen (secondary N) is 1. The molecule has 5 heteroatoms. The predicted molar refractivity (Wildman–Crippen MR) is 77.2 cm³/mol. The van der Waals surface area contributed by atoms with Gasteiger partial charge in [0.1, 0.15) is 11.6 Å². The molecular formula is C14H20N4S. The number of thiophene rings is 1. The number of hydrogen-bond donors (Lipinski definition) is 1. The lowest BCUT2D eigenvalue weighted by Crippen LogP contribution is -2.30. The average Bonchev–Trinajstić information content (AvgIpc) is 3.07. The Hall–Kier alpha value is -1.20. The van der Waals surface area contributed by atoms with Crippen LogP contribution in [0.1, 0.15) is 30.6 Å². The van der Waals surface area contributed by atoms with Gasteiger partial charge in [0.25, 0.3) is 0 Å². The maximum Gasteiger partial charge on any atom is 0.133 e. The number of aryl methyl sites for hydroxylation is 2. The quantitative estimate of drug-likeness (QED) is 0.911. The fraction of sp³-hybridized carbons (Fsp3) is 0.571. The fourth-order valence-electron chi connectivity index (χ4n) is 2.69. The third kappa shape index (κ3) is 2.87. The van der Waals surface area contributed by atoms with Crippen molar-refractivity contribution >= 4 is 11.3 Å². The lowest BCUT2D eigenvalue weighted by Gasteiger charge is -2.24. The molecule has 2 aromatic rings. The van der Waals surface area contributed by atoms with E-state index in [2.05, 4.69) is 43.8 Å². The minimum atomic E-state index is 0.701. The van der Waals surface area contributed by atoms with Crippen LogP contribution in [0, 0.1) is 5.92 Å². The zero-order valence-electron chi connectivity index (χ0n) is 11.3. The first-order valence-corrected chi connectivity index (χ1v) is 7.94. The molecule has 2 aromatic heterocycles. The van der Waals surface area contributed by atoms with Crippen molar-refractivity contribution in [2.24, 2.45) is 5.92 Å². The second-order valence-corrected chi connectivity index (χ2v) is 5.94. The highest BCUT2D eigenvalue weighted by atomic mass is 32.1. The van der Waals surface area contributed by atoms with Crippen molar-refractivity contribution in [1.82, 2.24) is 20.1 Å². The van der Waals surface area contributed by atoms with Crippen molar-refractivity contribution < 1.29 is 0 Å². The Morgan fingerprint density at radius 3 is 3.21 bits per heavy atom. The van der Waals surface area contributed by atoms with Gasteiger partial charge in [-0.15, -0.1) is 10.2 Å². The molecule has 102 valence electrons. The van der Waals surface area contributed by atoms with E-state index < -0.39 is 0 Å². The van der Waals surface area contributed by atoms with E-state index in [4.69, 9.17) is 0 Å². The Balaban J connectivity index is 1.53. The molecule has 0 bridgehead atoms. The largest absolute Gasteiger partial charge is 0.315 e. The molecule has 0 saturated heterocycles. The summed E-state index contributed by atoms with van der Waals surface area (Å²) in [6.45, 7) is 5.28. The Bertz CT molecular complexity index is 504. The number of aromatic nitrogens is 3. The molecular weight excluding hydrogens is 256 g/mol. The molecule has 0 aromatic carbocycles. The standard InChI is InChI=1S/C14H20N4S/c1-2-13-16-17-14-4-3-11(9-18(13)14)7-15-8-12-5-6-19-10-12/h5-6,10-11,15H,2-4,7-9H2,1H3. The minimum Gasteiger partial charge on any atom is -0.315 e. The molecule has 0 aliphatic carbocycles. The van der Waals surface area contributed by atoms with Gasteiger partial charge in [-0.05, 0) is 41.3 Å². The van der Waals surface area contributed by atoms with Crippen molar-refractivity contribution in [3.05, 3.63) is 34.0 Å². The summed E-state index contributed by atoms with van der Waals surface area (Å²) < 4.78 is 2.32. The van der Waals surface area contributed by atoms with Crippen LogP contribution in [0.3, 0.4) is 0 Å². The minimum absolute atomic E-state index is 0.701. The number of fused-ring (bicyclic) bond motifs is 1. The Labute approximate surface area is 117 Å². The van der Waals surface area contributed by atoms with Crippen LogP contribution in [0.25, 0.3) is 0 Å². The van der Waals surface area contributed by atoms with Crippen LogP contribution >= 0.6 is 11.3 Å². The second kappa shape index (κ2) is 5.84. The summed E-state index contributed by atoms with van der Waals surface area (Å²) in [6.07, 6.45) is 3.26. The smallest absolute Gasteiger partial charge is 0.133 e. The highest BCUT2D eigenvalue weighted by Crippen LogP contribution is 2.20. The first kappa shape index (κ1) is 12.8. The molecule has 1 atom stereocenters. The van der Waals surface area contributed by atoms with Crippen molar-refractivity contribution in [1.29, 1.82) is 0 Å². The second-order valence-electron chi connectivity index (χ2n) is 5.16. The highest BCUT2D eigenvalue weighted by molar-refractivity contribution is 7.07. The van der Waals surface area contributed by atoms with Gasteiger partial charge in [0.2, 0.25) is 0 Å². The summed E-state index contributed by atoms with van der Waals surface area (Å²) in [4.78, 5) is 0. The topological polar surface area (TPSA) is 42.7 Å². The molecule has 19 heavy (non-hydrogen) atoms. The summed E-state index contributed by atoms with van der Waals surface area (Å²) in [5.74, 6) is 3.01. The monoisotopic (exact) mass is 276 g/mol. The molecule has 0 radical (unpaired) electrons. The molecule has 0 fully saturated rings. The van der Waals surface area contributed by atoms with E-state index in [-0.39, 0.29) is 0 Å². The summed E-state index contributed by atoms with van der Waals surface area (Å²) in [5, 5.41) is 16.5. The molecule has 1 aliphatic rings. The lowest BCUT2D eigenvalue weighted by molar-refractivity contribution is 0.342. The highest BCUT2D eigenvalue weighted by Gasteiger charge is 2.21. The van der Waals surface area contributed by atoms with Gasteiger partial charge in [-0.1, -0.05) is 6.92 Å². The van der Waals surface area contributed by atoms with Crippen molar-refractivity contribution in [2.45, 2.75) is 39.3 Å². The Morgan fingerprint density at radius 1 is 1.47 bits per heavy atom. The van der Waals surface area contributed by atoms with E-state index in [1.54, 1.807) is 11.3 Å². The van der Waals surface area contributed by atoms with Gasteiger partial charge in [-0.25, -0.2) is 0 Å². The zero-order valence-corrected chi connectivity index (χ0v) is 12.1. The molecule has 3 rings (SSSR count). The van der Waals surface area contributed by atoms with E-state index >= 15 is 0 Å². The molecule has 4 nitrogen and oxygen atoms in total. The number of hydrogen-bond acceptors (Lipinski definition) is 4. The van der Waals surface area contributed by atoms with Gasteiger partial charge in [0.05, 0.1) is 0 Å². The molecule has 3 heterocycles. The van der Waals surface area contributed by atoms with Gasteiger partial charge >= 0.3 is 0 Å². The first-order valence-electron chi connectivity index (χ1n) is 6.99. The first-order chi connectivity index (χ1) is 9.36. The molecule has 1 N–H and O–H groups in total. The maximum atomic E-state index is 4.28. The van der Waals surface area contributed by atoms with Crippen LogP contribution in [0.2, 0.25) is 0 Å². The number of nitrogens with zero attached hydrogens (tertiary/aromatic N) is 3. The van der Waals surface area contributed by atoms with Gasteiger partial charge in [-0.3, -0.25) is 0 Å². The van der Waals surface area contributed by atoms with Crippen LogP contribution in [0.15, 0.2) is 16.8 Å². The Morgan fingerprint density at radius 2 is 2.42 bits per heavy atom. The van der Waals surface area contributed by atoms with Crippen LogP contribution < -0.4 is 5.32 Å². The maximum absolute atomic E-state index is 4.28. The van der Waals surface area contributed by atoms with E-state index in [1.807, 2.05) is 0 Å². The van der Waals surface area contributed by atoms with Gasteiger partial charge in [0, 0.05) is 25.9 Å². The summed E-state index contributed by atoms with van der Waals surface area (Å²) in [6, 6.07) is 2.19. The summed E-state index contributed by atoms with van der Waals surface area (Å²) in [5.41, 5.74) is 1.39. The zero-order chi connectivity index (χ0) is 13.1. The van der Waals surface area contributed by atoms with Crippen molar-refractivity contribution in [2.75, 3.05) is 6.54 Å². The molecule has 1 unspecified atom stereocenters. The van der Waals surface area contributed by atoms with Crippen LogP contribution in [0.4, 0.5) is 0 Å². The fourth-order valence-corrected chi connectivity index (χ4v) is 3.36. The van der Waals surface area contributed by atoms with Crippen molar-refractivity contribution in [3.8, 4) is 0 Å². The van der Waals surface area contributed by atoms with Gasteiger partial charge < -0.3 is 9.88 Å². The van der Waals surface area contributed by atoms with Crippen molar-refractivity contribution in [3.63, 3.8) is 0 Å². The SMILES string of the molecule is CCc1nnc2n1CC(CNCc1ccsc1)CC2. The predicted octanol–water partition coefficient (Wildman–Crippen LogP) is 2.25. The Kier molecular flexibility index (Phi) is 3.94. The lowest BCUT2D eigenvalue weighted by atomic mass is 9.99. The summed E-state index contributed by atoms with van der Waals surface area (Å²) in [7, 11) is 0. The van der Waals surface area contributed by atoms with E-state index in [0.717, 1.165) is 38.3 Å². The summed E-state index contributed by atoms with van der Waals surface area (Å²) >= 11 is 1.76. The van der Waals surface area contributed by atoms with Gasteiger partial charge in [-0.2, -0.15) is 11.3 Å². The van der Waals surface area contributed by atoms with Crippen LogP contribution in [0.5, 0.6) is 0 Å². The molecule has 0 spiro atoms. The normalized spacial score (nSPS) is 18.5. The number of rotatable bonds is 5. The van der Waals surface area contributed by atoms with Crippen LogP contribution in [-0.4, -0.2) is 21.3 Å². The third-order valence-corrected chi connectivity index (χ3v) is 4.51. The van der Waals surface area contributed by atoms with E-state index in [9.17, 15) is 0 Å². The molecule has 1 aliphatic heterocycles. The molecule has 0 saturated carbocycles. The van der Waals surface area contributed by atoms with Crippen LogP contribution in [-0.2, 0) is 25.9 Å². The average molecular weight is 276 g/mol. The van der Waals surface area contributed by atoms with Gasteiger partial charge in [0.15, 0.2) is 0 Å². The third-order valence-electron chi connectivity index (χ3n) is 3.78.